The van der Waals surface area contributed by atoms with E-state index in [2.05, 4.69) is 34.6 Å². The van der Waals surface area contributed by atoms with Gasteiger partial charge in [-0.05, 0) is 36.0 Å². The highest BCUT2D eigenvalue weighted by molar-refractivity contribution is 4.94. The van der Waals surface area contributed by atoms with E-state index in [-0.39, 0.29) is 0 Å². The van der Waals surface area contributed by atoms with Gasteiger partial charge < -0.3 is 0 Å². The van der Waals surface area contributed by atoms with Crippen molar-refractivity contribution in [1.82, 2.24) is 0 Å². The molecular formula is C13H26. The highest BCUT2D eigenvalue weighted by Crippen LogP contribution is 2.53. The molecule has 0 nitrogen and oxygen atoms in total. The van der Waals surface area contributed by atoms with Crippen LogP contribution in [0.2, 0.25) is 0 Å². The molecule has 3 unspecified atom stereocenters. The largest absolute Gasteiger partial charge is 0.0651 e. The van der Waals surface area contributed by atoms with Gasteiger partial charge in [0.15, 0.2) is 0 Å². The van der Waals surface area contributed by atoms with Crippen molar-refractivity contribution in [2.75, 3.05) is 0 Å². The summed E-state index contributed by atoms with van der Waals surface area (Å²) in [6.07, 6.45) is 5.70. The van der Waals surface area contributed by atoms with Crippen molar-refractivity contribution in [2.45, 2.75) is 60.3 Å². The molecule has 0 N–H and O–H groups in total. The molecule has 0 heterocycles. The van der Waals surface area contributed by atoms with E-state index in [1.54, 1.807) is 0 Å². The zero-order valence-electron chi connectivity index (χ0n) is 10.1. The van der Waals surface area contributed by atoms with E-state index >= 15 is 0 Å². The molecule has 0 aromatic carbocycles. The van der Waals surface area contributed by atoms with Crippen molar-refractivity contribution in [3.8, 4) is 0 Å². The van der Waals surface area contributed by atoms with E-state index in [0.717, 1.165) is 17.8 Å². The average Bonchev–Trinajstić information content (AvgIpc) is 2.43. The van der Waals surface area contributed by atoms with Gasteiger partial charge in [0.25, 0.3) is 0 Å². The highest BCUT2D eigenvalue weighted by Gasteiger charge is 2.44. The second kappa shape index (κ2) is 4.02. The number of hydrogen-bond acceptors (Lipinski definition) is 0. The maximum Gasteiger partial charge on any atom is -0.0270 e. The standard InChI is InChI=1S/C13H26/c1-6-11-8-9-12(10(3)4)13(11,5)7-2/h10-12H,6-9H2,1-5H3. The van der Waals surface area contributed by atoms with Crippen LogP contribution in [-0.2, 0) is 0 Å². The van der Waals surface area contributed by atoms with Gasteiger partial charge >= 0.3 is 0 Å². The predicted octanol–water partition coefficient (Wildman–Crippen LogP) is 4.49. The first-order chi connectivity index (χ1) is 6.06. The smallest absolute Gasteiger partial charge is 0.0270 e. The van der Waals surface area contributed by atoms with Gasteiger partial charge in [0, 0.05) is 0 Å². The van der Waals surface area contributed by atoms with Crippen LogP contribution < -0.4 is 0 Å². The summed E-state index contributed by atoms with van der Waals surface area (Å²) in [5.74, 6) is 2.84. The Morgan fingerprint density at radius 2 is 1.85 bits per heavy atom. The fourth-order valence-electron chi connectivity index (χ4n) is 3.66. The first-order valence-corrected chi connectivity index (χ1v) is 6.06. The summed E-state index contributed by atoms with van der Waals surface area (Å²) in [6, 6.07) is 0. The summed E-state index contributed by atoms with van der Waals surface area (Å²) >= 11 is 0. The molecule has 1 saturated carbocycles. The first kappa shape index (κ1) is 11.1. The summed E-state index contributed by atoms with van der Waals surface area (Å²) in [6.45, 7) is 12.1. The SMILES string of the molecule is CCC1CCC(C(C)C)C1(C)CC. The summed E-state index contributed by atoms with van der Waals surface area (Å²) < 4.78 is 0. The summed E-state index contributed by atoms with van der Waals surface area (Å²) in [5, 5.41) is 0. The minimum Gasteiger partial charge on any atom is -0.0651 e. The minimum absolute atomic E-state index is 0.642. The quantitative estimate of drug-likeness (QED) is 0.603. The van der Waals surface area contributed by atoms with Crippen LogP contribution >= 0.6 is 0 Å². The van der Waals surface area contributed by atoms with Crippen molar-refractivity contribution in [1.29, 1.82) is 0 Å². The van der Waals surface area contributed by atoms with Gasteiger partial charge in [-0.1, -0.05) is 47.5 Å². The van der Waals surface area contributed by atoms with E-state index in [1.807, 2.05) is 0 Å². The Labute approximate surface area is 84.1 Å². The van der Waals surface area contributed by atoms with E-state index in [1.165, 1.54) is 25.7 Å². The minimum atomic E-state index is 0.642. The van der Waals surface area contributed by atoms with Crippen LogP contribution in [0.5, 0.6) is 0 Å². The van der Waals surface area contributed by atoms with E-state index in [4.69, 9.17) is 0 Å². The van der Waals surface area contributed by atoms with Crippen LogP contribution in [0.15, 0.2) is 0 Å². The molecule has 0 saturated heterocycles. The van der Waals surface area contributed by atoms with Crippen LogP contribution in [0.1, 0.15) is 60.3 Å². The second-order valence-corrected chi connectivity index (χ2v) is 5.39. The third-order valence-electron chi connectivity index (χ3n) is 4.67. The molecule has 0 spiro atoms. The highest BCUT2D eigenvalue weighted by atomic mass is 14.5. The monoisotopic (exact) mass is 182 g/mol. The second-order valence-electron chi connectivity index (χ2n) is 5.39. The summed E-state index contributed by atoms with van der Waals surface area (Å²) in [4.78, 5) is 0. The third kappa shape index (κ3) is 1.78. The van der Waals surface area contributed by atoms with E-state index in [9.17, 15) is 0 Å². The molecule has 0 aromatic heterocycles. The summed E-state index contributed by atoms with van der Waals surface area (Å²) in [7, 11) is 0. The van der Waals surface area contributed by atoms with E-state index in [0.29, 0.717) is 5.41 Å². The maximum absolute atomic E-state index is 2.53. The van der Waals surface area contributed by atoms with Gasteiger partial charge in [-0.25, -0.2) is 0 Å². The Balaban J connectivity index is 2.79. The molecule has 1 fully saturated rings. The van der Waals surface area contributed by atoms with Gasteiger partial charge in [0.1, 0.15) is 0 Å². The molecule has 0 amide bonds. The molecule has 1 aliphatic carbocycles. The first-order valence-electron chi connectivity index (χ1n) is 6.06. The van der Waals surface area contributed by atoms with E-state index < -0.39 is 0 Å². The molecule has 0 bridgehead atoms. The predicted molar refractivity (Wildman–Crippen MR) is 59.7 cm³/mol. The lowest BCUT2D eigenvalue weighted by atomic mass is 9.67. The lowest BCUT2D eigenvalue weighted by Gasteiger charge is -2.38. The number of rotatable bonds is 3. The normalized spacial score (nSPS) is 40.2. The molecule has 0 heteroatoms. The fraction of sp³-hybridized carbons (Fsp3) is 1.00. The Morgan fingerprint density at radius 3 is 2.23 bits per heavy atom. The topological polar surface area (TPSA) is 0 Å². The molecule has 1 aliphatic rings. The molecule has 78 valence electrons. The van der Waals surface area contributed by atoms with Crippen LogP contribution in [0.4, 0.5) is 0 Å². The number of hydrogen-bond donors (Lipinski definition) is 0. The molecule has 0 aromatic rings. The molecule has 13 heavy (non-hydrogen) atoms. The molecule has 0 aliphatic heterocycles. The summed E-state index contributed by atoms with van der Waals surface area (Å²) in [5.41, 5.74) is 0.642. The van der Waals surface area contributed by atoms with Crippen LogP contribution in [0, 0.1) is 23.2 Å². The average molecular weight is 182 g/mol. The zero-order chi connectivity index (χ0) is 10.1. The Morgan fingerprint density at radius 1 is 1.23 bits per heavy atom. The molecule has 3 atom stereocenters. The fourth-order valence-corrected chi connectivity index (χ4v) is 3.66. The lowest BCUT2D eigenvalue weighted by Crippen LogP contribution is -2.30. The van der Waals surface area contributed by atoms with Crippen molar-refractivity contribution in [3.05, 3.63) is 0 Å². The van der Waals surface area contributed by atoms with Gasteiger partial charge in [0.2, 0.25) is 0 Å². The molecule has 0 radical (unpaired) electrons. The van der Waals surface area contributed by atoms with Gasteiger partial charge in [-0.2, -0.15) is 0 Å². The molecule has 1 rings (SSSR count). The van der Waals surface area contributed by atoms with Crippen LogP contribution in [-0.4, -0.2) is 0 Å². The van der Waals surface area contributed by atoms with Crippen LogP contribution in [0.3, 0.4) is 0 Å². The Hall–Kier alpha value is 0. The third-order valence-corrected chi connectivity index (χ3v) is 4.67. The lowest BCUT2D eigenvalue weighted by molar-refractivity contribution is 0.112. The molecular weight excluding hydrogens is 156 g/mol. The maximum atomic E-state index is 2.53. The van der Waals surface area contributed by atoms with Crippen molar-refractivity contribution in [2.24, 2.45) is 23.2 Å². The zero-order valence-corrected chi connectivity index (χ0v) is 10.1. The van der Waals surface area contributed by atoms with Crippen molar-refractivity contribution < 1.29 is 0 Å². The Bertz CT molecular complexity index is 159. The van der Waals surface area contributed by atoms with Crippen LogP contribution in [0.25, 0.3) is 0 Å². The van der Waals surface area contributed by atoms with Gasteiger partial charge in [0.05, 0.1) is 0 Å². The van der Waals surface area contributed by atoms with Gasteiger partial charge in [-0.15, -0.1) is 0 Å². The Kier molecular flexibility index (Phi) is 3.43. The van der Waals surface area contributed by atoms with Gasteiger partial charge in [-0.3, -0.25) is 0 Å². The van der Waals surface area contributed by atoms with Crippen molar-refractivity contribution in [3.63, 3.8) is 0 Å². The van der Waals surface area contributed by atoms with Crippen molar-refractivity contribution >= 4 is 0 Å².